The zero-order valence-electron chi connectivity index (χ0n) is 10.9. The van der Waals surface area contributed by atoms with Gasteiger partial charge < -0.3 is 10.1 Å². The van der Waals surface area contributed by atoms with Crippen LogP contribution < -0.4 is 5.32 Å². The second-order valence-electron chi connectivity index (χ2n) is 6.17. The Kier molecular flexibility index (Phi) is 4.26. The molecule has 1 heterocycles. The summed E-state index contributed by atoms with van der Waals surface area (Å²) >= 11 is 0. The molecule has 94 valence electrons. The monoisotopic (exact) mass is 225 g/mol. The van der Waals surface area contributed by atoms with Gasteiger partial charge in [0.2, 0.25) is 0 Å². The summed E-state index contributed by atoms with van der Waals surface area (Å²) in [6.07, 6.45) is 8.10. The van der Waals surface area contributed by atoms with Crippen molar-refractivity contribution in [1.29, 1.82) is 0 Å². The molecule has 2 atom stereocenters. The summed E-state index contributed by atoms with van der Waals surface area (Å²) in [4.78, 5) is 0. The molecule has 16 heavy (non-hydrogen) atoms. The maximum absolute atomic E-state index is 5.45. The number of ether oxygens (including phenoxy) is 1. The maximum atomic E-state index is 5.45. The predicted octanol–water partition coefficient (Wildman–Crippen LogP) is 2.97. The summed E-state index contributed by atoms with van der Waals surface area (Å²) in [7, 11) is 0. The Morgan fingerprint density at radius 2 is 1.88 bits per heavy atom. The van der Waals surface area contributed by atoms with E-state index in [1.807, 2.05) is 0 Å². The Balaban J connectivity index is 1.76. The Bertz CT molecular complexity index is 211. The molecule has 2 aliphatic rings. The largest absolute Gasteiger partial charge is 0.381 e. The molecule has 2 unspecified atom stereocenters. The van der Waals surface area contributed by atoms with Gasteiger partial charge in [-0.1, -0.05) is 26.7 Å². The molecule has 0 aromatic carbocycles. The van der Waals surface area contributed by atoms with Crippen molar-refractivity contribution in [3.63, 3.8) is 0 Å². The van der Waals surface area contributed by atoms with Gasteiger partial charge in [0.15, 0.2) is 0 Å². The first kappa shape index (κ1) is 12.4. The summed E-state index contributed by atoms with van der Waals surface area (Å²) in [5.41, 5.74) is 0.482. The first-order chi connectivity index (χ1) is 7.70. The Labute approximate surface area is 100 Å². The molecule has 2 heteroatoms. The highest BCUT2D eigenvalue weighted by Gasteiger charge is 2.29. The van der Waals surface area contributed by atoms with Gasteiger partial charge >= 0.3 is 0 Å². The van der Waals surface area contributed by atoms with Crippen molar-refractivity contribution < 1.29 is 4.74 Å². The summed E-state index contributed by atoms with van der Waals surface area (Å²) in [6.45, 7) is 7.92. The van der Waals surface area contributed by atoms with Crippen molar-refractivity contribution in [1.82, 2.24) is 5.32 Å². The van der Waals surface area contributed by atoms with Crippen molar-refractivity contribution in [3.05, 3.63) is 0 Å². The van der Waals surface area contributed by atoms with Gasteiger partial charge in [-0.05, 0) is 37.0 Å². The summed E-state index contributed by atoms with van der Waals surface area (Å²) in [5, 5.41) is 3.83. The topological polar surface area (TPSA) is 21.3 Å². The molecule has 0 spiro atoms. The molecular weight excluding hydrogens is 198 g/mol. The molecule has 0 aromatic heterocycles. The molecule has 1 N–H and O–H groups in total. The van der Waals surface area contributed by atoms with Gasteiger partial charge in [-0.2, -0.15) is 0 Å². The van der Waals surface area contributed by atoms with Gasteiger partial charge in [-0.15, -0.1) is 0 Å². The average molecular weight is 225 g/mol. The smallest absolute Gasteiger partial charge is 0.0471 e. The van der Waals surface area contributed by atoms with Gasteiger partial charge in [0.25, 0.3) is 0 Å². The lowest BCUT2D eigenvalue weighted by Crippen LogP contribution is -2.44. The first-order valence-electron chi connectivity index (χ1n) is 7.01. The molecule has 1 aliphatic carbocycles. The van der Waals surface area contributed by atoms with Crippen LogP contribution in [0.5, 0.6) is 0 Å². The van der Waals surface area contributed by atoms with E-state index in [4.69, 9.17) is 4.74 Å². The number of hydrogen-bond donors (Lipinski definition) is 1. The zero-order valence-corrected chi connectivity index (χ0v) is 10.9. The quantitative estimate of drug-likeness (QED) is 0.797. The maximum Gasteiger partial charge on any atom is 0.0471 e. The van der Waals surface area contributed by atoms with E-state index in [0.29, 0.717) is 5.41 Å². The fraction of sp³-hybridized carbons (Fsp3) is 1.00. The third-order valence-corrected chi connectivity index (χ3v) is 4.60. The summed E-state index contributed by atoms with van der Waals surface area (Å²) in [6, 6.07) is 0.772. The molecule has 2 nitrogen and oxygen atoms in total. The molecule has 0 aromatic rings. The second-order valence-corrected chi connectivity index (χ2v) is 6.17. The highest BCUT2D eigenvalue weighted by Crippen LogP contribution is 2.30. The molecular formula is C14H27NO. The Hall–Kier alpha value is -0.0800. The van der Waals surface area contributed by atoms with E-state index < -0.39 is 0 Å². The molecule has 2 fully saturated rings. The fourth-order valence-electron chi connectivity index (χ4n) is 3.04. The minimum atomic E-state index is 0.482. The van der Waals surface area contributed by atoms with Gasteiger partial charge in [0.05, 0.1) is 0 Å². The lowest BCUT2D eigenvalue weighted by molar-refractivity contribution is 0.0213. The third kappa shape index (κ3) is 3.21. The van der Waals surface area contributed by atoms with Gasteiger partial charge in [0.1, 0.15) is 0 Å². The van der Waals surface area contributed by atoms with Crippen LogP contribution in [0.15, 0.2) is 0 Å². The molecule has 1 saturated carbocycles. The van der Waals surface area contributed by atoms with Crippen molar-refractivity contribution in [2.75, 3.05) is 19.8 Å². The highest BCUT2D eigenvalue weighted by molar-refractivity contribution is 4.84. The van der Waals surface area contributed by atoms with Crippen molar-refractivity contribution in [3.8, 4) is 0 Å². The average Bonchev–Trinajstić information content (AvgIpc) is 2.29. The molecule has 1 saturated heterocycles. The minimum Gasteiger partial charge on any atom is -0.381 e. The Morgan fingerprint density at radius 1 is 1.19 bits per heavy atom. The van der Waals surface area contributed by atoms with Crippen molar-refractivity contribution in [2.24, 2.45) is 11.3 Å². The first-order valence-corrected chi connectivity index (χ1v) is 7.01. The van der Waals surface area contributed by atoms with Gasteiger partial charge in [-0.3, -0.25) is 0 Å². The third-order valence-electron chi connectivity index (χ3n) is 4.60. The predicted molar refractivity (Wildman–Crippen MR) is 67.6 cm³/mol. The van der Waals surface area contributed by atoms with Gasteiger partial charge in [-0.25, -0.2) is 0 Å². The van der Waals surface area contributed by atoms with Crippen LogP contribution in [0.3, 0.4) is 0 Å². The highest BCUT2D eigenvalue weighted by atomic mass is 16.5. The molecule has 0 bridgehead atoms. The minimum absolute atomic E-state index is 0.482. The van der Waals surface area contributed by atoms with Crippen LogP contribution in [0.25, 0.3) is 0 Å². The number of nitrogens with one attached hydrogen (secondary N) is 1. The second kappa shape index (κ2) is 5.50. The van der Waals surface area contributed by atoms with Crippen LogP contribution in [0.4, 0.5) is 0 Å². The molecule has 1 aliphatic heterocycles. The van der Waals surface area contributed by atoms with Crippen LogP contribution in [0, 0.1) is 11.3 Å². The van der Waals surface area contributed by atoms with Crippen LogP contribution >= 0.6 is 0 Å². The lowest BCUT2D eigenvalue weighted by Gasteiger charge is -2.37. The molecule has 0 radical (unpaired) electrons. The Morgan fingerprint density at radius 3 is 2.56 bits per heavy atom. The van der Waals surface area contributed by atoms with Crippen LogP contribution in [-0.2, 0) is 4.74 Å². The summed E-state index contributed by atoms with van der Waals surface area (Å²) in [5.74, 6) is 0.872. The SMILES string of the molecule is CC1CCCCC1NCC1(C)CCOCC1. The van der Waals surface area contributed by atoms with E-state index >= 15 is 0 Å². The lowest BCUT2D eigenvalue weighted by atomic mass is 9.80. The van der Waals surface area contributed by atoms with E-state index in [1.165, 1.54) is 45.1 Å². The van der Waals surface area contributed by atoms with Crippen LogP contribution in [0.2, 0.25) is 0 Å². The van der Waals surface area contributed by atoms with E-state index in [-0.39, 0.29) is 0 Å². The van der Waals surface area contributed by atoms with Gasteiger partial charge in [0, 0.05) is 25.8 Å². The summed E-state index contributed by atoms with van der Waals surface area (Å²) < 4.78 is 5.45. The number of rotatable bonds is 3. The zero-order chi connectivity index (χ0) is 11.4. The van der Waals surface area contributed by atoms with Crippen molar-refractivity contribution >= 4 is 0 Å². The van der Waals surface area contributed by atoms with E-state index in [0.717, 1.165) is 25.2 Å². The molecule has 0 amide bonds. The van der Waals surface area contributed by atoms with Crippen molar-refractivity contribution in [2.45, 2.75) is 58.4 Å². The van der Waals surface area contributed by atoms with E-state index in [9.17, 15) is 0 Å². The molecule has 2 rings (SSSR count). The normalized spacial score (nSPS) is 34.9. The van der Waals surface area contributed by atoms with Crippen LogP contribution in [-0.4, -0.2) is 25.8 Å². The van der Waals surface area contributed by atoms with Crippen LogP contribution in [0.1, 0.15) is 52.4 Å². The van der Waals surface area contributed by atoms with E-state index in [2.05, 4.69) is 19.2 Å². The van der Waals surface area contributed by atoms with E-state index in [1.54, 1.807) is 0 Å². The number of hydrogen-bond acceptors (Lipinski definition) is 2. The standard InChI is InChI=1S/C14H27NO/c1-12-5-3-4-6-13(12)15-11-14(2)7-9-16-10-8-14/h12-13,15H,3-11H2,1-2H3. The fourth-order valence-corrected chi connectivity index (χ4v) is 3.04.